The van der Waals surface area contributed by atoms with Crippen LogP contribution in [0.3, 0.4) is 0 Å². The highest BCUT2D eigenvalue weighted by molar-refractivity contribution is 6.30. The summed E-state index contributed by atoms with van der Waals surface area (Å²) in [5.41, 5.74) is 1.12. The number of Topliss-reactive ketones (excluding diaryl/α,β-unsaturated/α-hetero) is 1. The summed E-state index contributed by atoms with van der Waals surface area (Å²) in [6.45, 7) is 2.41. The number of carbonyl (C=O) groups excluding carboxylic acids is 2. The highest BCUT2D eigenvalue weighted by Crippen LogP contribution is 2.33. The van der Waals surface area contributed by atoms with Crippen LogP contribution in [-0.2, 0) is 5.60 Å². The van der Waals surface area contributed by atoms with Gasteiger partial charge in [-0.1, -0.05) is 23.7 Å². The van der Waals surface area contributed by atoms with Gasteiger partial charge in [-0.05, 0) is 61.7 Å². The van der Waals surface area contributed by atoms with Gasteiger partial charge in [-0.2, -0.15) is 0 Å². The number of amides is 2. The van der Waals surface area contributed by atoms with Crippen molar-refractivity contribution < 1.29 is 14.7 Å². The van der Waals surface area contributed by atoms with Crippen molar-refractivity contribution in [1.82, 2.24) is 4.90 Å². The molecule has 0 spiro atoms. The van der Waals surface area contributed by atoms with Crippen molar-refractivity contribution in [3.8, 4) is 0 Å². The van der Waals surface area contributed by atoms with Crippen molar-refractivity contribution in [2.24, 2.45) is 0 Å². The largest absolute Gasteiger partial charge is 0.385 e. The lowest BCUT2D eigenvalue weighted by molar-refractivity contribution is -0.0156. The third-order valence-corrected chi connectivity index (χ3v) is 5.05. The van der Waals surface area contributed by atoms with Crippen LogP contribution < -0.4 is 5.32 Å². The Kier molecular flexibility index (Phi) is 5.30. The Morgan fingerprint density at radius 1 is 1.04 bits per heavy atom. The van der Waals surface area contributed by atoms with Crippen LogP contribution in [0.15, 0.2) is 48.5 Å². The van der Waals surface area contributed by atoms with Gasteiger partial charge >= 0.3 is 6.03 Å². The SMILES string of the molecule is CC(=O)c1ccc(NC(=O)N2CCC(O)(c3ccc(Cl)cc3)CC2)cc1. The monoisotopic (exact) mass is 372 g/mol. The molecule has 2 N–H and O–H groups in total. The minimum Gasteiger partial charge on any atom is -0.385 e. The molecule has 0 atom stereocenters. The fourth-order valence-corrected chi connectivity index (χ4v) is 3.25. The lowest BCUT2D eigenvalue weighted by Gasteiger charge is -2.38. The minimum atomic E-state index is -0.940. The number of benzene rings is 2. The number of aliphatic hydroxyl groups is 1. The third kappa shape index (κ3) is 4.06. The Balaban J connectivity index is 1.59. The molecule has 1 saturated heterocycles. The minimum absolute atomic E-state index is 0.0135. The first-order valence-electron chi connectivity index (χ1n) is 8.53. The third-order valence-electron chi connectivity index (χ3n) is 4.80. The first-order valence-corrected chi connectivity index (χ1v) is 8.90. The number of likely N-dealkylation sites (tertiary alicyclic amines) is 1. The average molecular weight is 373 g/mol. The molecule has 1 heterocycles. The van der Waals surface area contributed by atoms with Crippen molar-refractivity contribution in [3.05, 3.63) is 64.7 Å². The number of hydrogen-bond acceptors (Lipinski definition) is 3. The summed E-state index contributed by atoms with van der Waals surface area (Å²) < 4.78 is 0. The van der Waals surface area contributed by atoms with Crippen molar-refractivity contribution in [3.63, 3.8) is 0 Å². The number of nitrogens with zero attached hydrogens (tertiary/aromatic N) is 1. The molecular formula is C20H21ClN2O3. The van der Waals surface area contributed by atoms with E-state index in [0.717, 1.165) is 5.56 Å². The second-order valence-electron chi connectivity index (χ2n) is 6.59. The van der Waals surface area contributed by atoms with Gasteiger partial charge in [-0.3, -0.25) is 4.79 Å². The van der Waals surface area contributed by atoms with Gasteiger partial charge in [0, 0.05) is 29.4 Å². The van der Waals surface area contributed by atoms with E-state index in [-0.39, 0.29) is 11.8 Å². The molecule has 0 aliphatic carbocycles. The van der Waals surface area contributed by atoms with E-state index in [1.807, 2.05) is 12.1 Å². The molecule has 6 heteroatoms. The number of anilines is 1. The van der Waals surface area contributed by atoms with E-state index in [2.05, 4.69) is 5.32 Å². The Bertz CT molecular complexity index is 795. The van der Waals surface area contributed by atoms with E-state index in [1.165, 1.54) is 6.92 Å². The summed E-state index contributed by atoms with van der Waals surface area (Å²) in [7, 11) is 0. The van der Waals surface area contributed by atoms with Gasteiger partial charge in [0.1, 0.15) is 0 Å². The highest BCUT2D eigenvalue weighted by Gasteiger charge is 2.35. The van der Waals surface area contributed by atoms with Crippen LogP contribution in [0.1, 0.15) is 35.7 Å². The van der Waals surface area contributed by atoms with E-state index in [4.69, 9.17) is 11.6 Å². The summed E-state index contributed by atoms with van der Waals surface area (Å²) in [6.07, 6.45) is 0.927. The van der Waals surface area contributed by atoms with E-state index in [9.17, 15) is 14.7 Å². The quantitative estimate of drug-likeness (QED) is 0.798. The van der Waals surface area contributed by atoms with E-state index in [0.29, 0.717) is 42.2 Å². The maximum Gasteiger partial charge on any atom is 0.321 e. The van der Waals surface area contributed by atoms with E-state index < -0.39 is 5.60 Å². The topological polar surface area (TPSA) is 69.6 Å². The molecule has 136 valence electrons. The Morgan fingerprint density at radius 3 is 2.15 bits per heavy atom. The van der Waals surface area contributed by atoms with Crippen LogP contribution in [0.2, 0.25) is 5.02 Å². The molecule has 2 aromatic rings. The first kappa shape index (κ1) is 18.4. The van der Waals surface area contributed by atoms with E-state index in [1.54, 1.807) is 41.3 Å². The number of halogens is 1. The maximum absolute atomic E-state index is 12.4. The molecule has 26 heavy (non-hydrogen) atoms. The van der Waals surface area contributed by atoms with Crippen LogP contribution in [0.4, 0.5) is 10.5 Å². The standard InChI is InChI=1S/C20H21ClN2O3/c1-14(24)15-2-8-18(9-3-15)22-19(25)23-12-10-20(26,11-13-23)16-4-6-17(21)7-5-16/h2-9,26H,10-13H2,1H3,(H,22,25). The van der Waals surface area contributed by atoms with Crippen molar-refractivity contribution in [2.45, 2.75) is 25.4 Å². The zero-order chi connectivity index (χ0) is 18.7. The van der Waals surface area contributed by atoms with Gasteiger partial charge in [0.05, 0.1) is 5.60 Å². The Morgan fingerprint density at radius 2 is 1.62 bits per heavy atom. The van der Waals surface area contributed by atoms with Crippen LogP contribution in [0.5, 0.6) is 0 Å². The van der Waals surface area contributed by atoms with Gasteiger partial charge in [0.2, 0.25) is 0 Å². The molecule has 1 fully saturated rings. The van der Waals surface area contributed by atoms with Crippen LogP contribution in [0.25, 0.3) is 0 Å². The lowest BCUT2D eigenvalue weighted by Crippen LogP contribution is -2.46. The summed E-state index contributed by atoms with van der Waals surface area (Å²) in [6, 6.07) is 13.8. The number of carbonyl (C=O) groups is 2. The molecule has 0 saturated carbocycles. The molecule has 1 aliphatic heterocycles. The molecule has 0 radical (unpaired) electrons. The van der Waals surface area contributed by atoms with E-state index >= 15 is 0 Å². The normalized spacial score (nSPS) is 16.2. The van der Waals surface area contributed by atoms with Crippen molar-refractivity contribution in [1.29, 1.82) is 0 Å². The second-order valence-corrected chi connectivity index (χ2v) is 7.03. The number of urea groups is 1. The van der Waals surface area contributed by atoms with Gasteiger partial charge in [-0.25, -0.2) is 4.79 Å². The van der Waals surface area contributed by atoms with Gasteiger partial charge in [0.25, 0.3) is 0 Å². The predicted octanol–water partition coefficient (Wildman–Crippen LogP) is 4.06. The molecule has 2 aromatic carbocycles. The number of hydrogen-bond donors (Lipinski definition) is 2. The van der Waals surface area contributed by atoms with Gasteiger partial charge in [0.15, 0.2) is 5.78 Å². The van der Waals surface area contributed by atoms with Crippen molar-refractivity contribution >= 4 is 29.1 Å². The fraction of sp³-hybridized carbons (Fsp3) is 0.300. The van der Waals surface area contributed by atoms with Crippen LogP contribution in [-0.4, -0.2) is 34.9 Å². The first-order chi connectivity index (χ1) is 12.4. The summed E-state index contributed by atoms with van der Waals surface area (Å²) in [5, 5.41) is 14.3. The number of piperidine rings is 1. The molecule has 1 aliphatic rings. The Hall–Kier alpha value is -2.37. The molecule has 2 amide bonds. The molecule has 5 nitrogen and oxygen atoms in total. The summed E-state index contributed by atoms with van der Waals surface area (Å²) in [5.74, 6) is -0.0135. The second kappa shape index (κ2) is 7.48. The zero-order valence-corrected chi connectivity index (χ0v) is 15.3. The lowest BCUT2D eigenvalue weighted by atomic mass is 9.84. The Labute approximate surface area is 157 Å². The molecule has 0 bridgehead atoms. The summed E-state index contributed by atoms with van der Waals surface area (Å²) in [4.78, 5) is 25.4. The smallest absolute Gasteiger partial charge is 0.321 e. The zero-order valence-electron chi connectivity index (χ0n) is 14.5. The molecule has 0 aromatic heterocycles. The number of rotatable bonds is 3. The fourth-order valence-electron chi connectivity index (χ4n) is 3.12. The number of ketones is 1. The average Bonchev–Trinajstić information content (AvgIpc) is 2.63. The van der Waals surface area contributed by atoms with Gasteiger partial charge < -0.3 is 15.3 Å². The highest BCUT2D eigenvalue weighted by atomic mass is 35.5. The van der Waals surface area contributed by atoms with Gasteiger partial charge in [-0.15, -0.1) is 0 Å². The predicted molar refractivity (Wildman–Crippen MR) is 102 cm³/mol. The van der Waals surface area contributed by atoms with Crippen molar-refractivity contribution in [2.75, 3.05) is 18.4 Å². The molecule has 0 unspecified atom stereocenters. The summed E-state index contributed by atoms with van der Waals surface area (Å²) >= 11 is 5.90. The number of nitrogens with one attached hydrogen (secondary N) is 1. The molecular weight excluding hydrogens is 352 g/mol. The van der Waals surface area contributed by atoms with Crippen LogP contribution >= 0.6 is 11.6 Å². The molecule has 3 rings (SSSR count). The maximum atomic E-state index is 12.4. The van der Waals surface area contributed by atoms with Crippen LogP contribution in [0, 0.1) is 0 Å².